The van der Waals surface area contributed by atoms with Crippen molar-refractivity contribution in [2.24, 2.45) is 0 Å². The lowest BCUT2D eigenvalue weighted by atomic mass is 9.80. The summed E-state index contributed by atoms with van der Waals surface area (Å²) in [6, 6.07) is 6.45. The van der Waals surface area contributed by atoms with Crippen LogP contribution >= 0.6 is 0 Å². The standard InChI is InChI=1S/C13H18O/c1-12(2,3)9-7-6-8-10-11(9)14-13(10,4)5/h6-8H,1-5H3. The Bertz CT molecular complexity index is 369. The fraction of sp³-hybridized carbons (Fsp3) is 0.538. The highest BCUT2D eigenvalue weighted by Crippen LogP contribution is 2.48. The molecular weight excluding hydrogens is 172 g/mol. The second-order valence-electron chi connectivity index (χ2n) is 5.54. The normalized spacial score (nSPS) is 18.1. The lowest BCUT2D eigenvalue weighted by molar-refractivity contribution is 0.0485. The van der Waals surface area contributed by atoms with Crippen molar-refractivity contribution in [1.29, 1.82) is 0 Å². The topological polar surface area (TPSA) is 9.23 Å². The van der Waals surface area contributed by atoms with Crippen LogP contribution in [0.4, 0.5) is 0 Å². The van der Waals surface area contributed by atoms with E-state index in [-0.39, 0.29) is 11.0 Å². The lowest BCUT2D eigenvalue weighted by Gasteiger charge is -2.42. The van der Waals surface area contributed by atoms with Gasteiger partial charge in [-0.15, -0.1) is 0 Å². The molecule has 0 aliphatic carbocycles. The maximum atomic E-state index is 5.83. The number of fused-ring (bicyclic) bond motifs is 1. The monoisotopic (exact) mass is 190 g/mol. The average molecular weight is 190 g/mol. The Balaban J connectivity index is 2.53. The van der Waals surface area contributed by atoms with Gasteiger partial charge < -0.3 is 4.74 Å². The van der Waals surface area contributed by atoms with Crippen LogP contribution in [0.25, 0.3) is 0 Å². The maximum Gasteiger partial charge on any atom is 0.132 e. The van der Waals surface area contributed by atoms with E-state index in [0.717, 1.165) is 5.75 Å². The van der Waals surface area contributed by atoms with E-state index in [4.69, 9.17) is 4.74 Å². The Morgan fingerprint density at radius 1 is 1.14 bits per heavy atom. The van der Waals surface area contributed by atoms with Crippen LogP contribution < -0.4 is 4.74 Å². The molecule has 0 saturated carbocycles. The first-order valence-electron chi connectivity index (χ1n) is 5.15. The van der Waals surface area contributed by atoms with Crippen molar-refractivity contribution in [3.63, 3.8) is 0 Å². The van der Waals surface area contributed by atoms with Gasteiger partial charge >= 0.3 is 0 Å². The third kappa shape index (κ3) is 1.23. The van der Waals surface area contributed by atoms with Crippen molar-refractivity contribution in [3.8, 4) is 5.75 Å². The second-order valence-corrected chi connectivity index (χ2v) is 5.54. The number of para-hydroxylation sites is 1. The molecule has 1 heterocycles. The van der Waals surface area contributed by atoms with Crippen LogP contribution in [0.15, 0.2) is 18.2 Å². The molecule has 0 amide bonds. The zero-order chi connectivity index (χ0) is 10.6. The second kappa shape index (κ2) is 2.53. The molecule has 1 aliphatic heterocycles. The van der Waals surface area contributed by atoms with Crippen molar-refractivity contribution in [2.75, 3.05) is 0 Å². The summed E-state index contributed by atoms with van der Waals surface area (Å²) in [6.07, 6.45) is 0. The van der Waals surface area contributed by atoms with Crippen molar-refractivity contribution in [1.82, 2.24) is 0 Å². The Kier molecular flexibility index (Phi) is 1.73. The third-order valence-corrected chi connectivity index (χ3v) is 2.83. The van der Waals surface area contributed by atoms with Gasteiger partial charge in [0.05, 0.1) is 0 Å². The molecule has 0 aromatic heterocycles. The minimum absolute atomic E-state index is 0.0867. The number of ether oxygens (including phenoxy) is 1. The van der Waals surface area contributed by atoms with E-state index in [9.17, 15) is 0 Å². The van der Waals surface area contributed by atoms with E-state index in [1.54, 1.807) is 0 Å². The highest BCUT2D eigenvalue weighted by molar-refractivity contribution is 5.53. The van der Waals surface area contributed by atoms with Crippen molar-refractivity contribution in [3.05, 3.63) is 29.3 Å². The molecule has 14 heavy (non-hydrogen) atoms. The summed E-state index contributed by atoms with van der Waals surface area (Å²) in [5.74, 6) is 1.10. The maximum absolute atomic E-state index is 5.83. The smallest absolute Gasteiger partial charge is 0.132 e. The van der Waals surface area contributed by atoms with Gasteiger partial charge in [-0.05, 0) is 24.8 Å². The minimum atomic E-state index is -0.0867. The van der Waals surface area contributed by atoms with Crippen LogP contribution in [0.5, 0.6) is 5.75 Å². The van der Waals surface area contributed by atoms with Gasteiger partial charge in [-0.25, -0.2) is 0 Å². The molecule has 0 fully saturated rings. The van der Waals surface area contributed by atoms with Gasteiger partial charge in [-0.2, -0.15) is 0 Å². The quantitative estimate of drug-likeness (QED) is 0.607. The molecule has 0 bridgehead atoms. The van der Waals surface area contributed by atoms with Crippen molar-refractivity contribution < 1.29 is 4.74 Å². The Morgan fingerprint density at radius 2 is 1.79 bits per heavy atom. The molecule has 1 aliphatic rings. The van der Waals surface area contributed by atoms with Gasteiger partial charge in [0, 0.05) is 5.56 Å². The molecule has 0 saturated heterocycles. The summed E-state index contributed by atoms with van der Waals surface area (Å²) in [5, 5.41) is 0. The van der Waals surface area contributed by atoms with E-state index < -0.39 is 0 Å². The van der Waals surface area contributed by atoms with Crippen molar-refractivity contribution >= 4 is 0 Å². The number of hydrogen-bond donors (Lipinski definition) is 0. The molecule has 1 aromatic rings. The molecule has 1 nitrogen and oxygen atoms in total. The minimum Gasteiger partial charge on any atom is -0.482 e. The van der Waals surface area contributed by atoms with E-state index in [2.05, 4.69) is 52.8 Å². The van der Waals surface area contributed by atoms with Crippen LogP contribution in [-0.2, 0) is 11.0 Å². The van der Waals surface area contributed by atoms with Gasteiger partial charge in [0.25, 0.3) is 0 Å². The molecule has 1 aromatic carbocycles. The largest absolute Gasteiger partial charge is 0.482 e. The van der Waals surface area contributed by atoms with Gasteiger partial charge in [-0.3, -0.25) is 0 Å². The van der Waals surface area contributed by atoms with Gasteiger partial charge in [0.15, 0.2) is 0 Å². The molecule has 0 unspecified atom stereocenters. The molecular formula is C13H18O. The fourth-order valence-electron chi connectivity index (χ4n) is 1.98. The zero-order valence-corrected chi connectivity index (χ0v) is 9.64. The molecule has 76 valence electrons. The van der Waals surface area contributed by atoms with Crippen molar-refractivity contribution in [2.45, 2.75) is 45.6 Å². The van der Waals surface area contributed by atoms with Crippen LogP contribution in [-0.4, -0.2) is 0 Å². The summed E-state index contributed by atoms with van der Waals surface area (Å²) in [4.78, 5) is 0. The molecule has 2 rings (SSSR count). The molecule has 0 atom stereocenters. The molecule has 1 heteroatoms. The first-order valence-corrected chi connectivity index (χ1v) is 5.15. The van der Waals surface area contributed by atoms with Crippen LogP contribution in [0, 0.1) is 0 Å². The highest BCUT2D eigenvalue weighted by Gasteiger charge is 2.39. The summed E-state index contributed by atoms with van der Waals surface area (Å²) >= 11 is 0. The lowest BCUT2D eigenvalue weighted by Crippen LogP contribution is -2.37. The summed E-state index contributed by atoms with van der Waals surface area (Å²) < 4.78 is 5.83. The fourth-order valence-corrected chi connectivity index (χ4v) is 1.98. The van der Waals surface area contributed by atoms with Crippen LogP contribution in [0.1, 0.15) is 45.7 Å². The Hall–Kier alpha value is -0.980. The van der Waals surface area contributed by atoms with E-state index in [1.165, 1.54) is 11.1 Å². The number of rotatable bonds is 0. The molecule has 0 N–H and O–H groups in total. The van der Waals surface area contributed by atoms with Gasteiger partial charge in [0.2, 0.25) is 0 Å². The van der Waals surface area contributed by atoms with E-state index >= 15 is 0 Å². The summed E-state index contributed by atoms with van der Waals surface area (Å²) in [5.41, 5.74) is 2.73. The van der Waals surface area contributed by atoms with Gasteiger partial charge in [0.1, 0.15) is 11.4 Å². The first kappa shape index (κ1) is 9.57. The van der Waals surface area contributed by atoms with E-state index in [0.29, 0.717) is 0 Å². The predicted octanol–water partition coefficient (Wildman–Crippen LogP) is 3.61. The van der Waals surface area contributed by atoms with Crippen LogP contribution in [0.2, 0.25) is 0 Å². The highest BCUT2D eigenvalue weighted by atomic mass is 16.5. The average Bonchev–Trinajstić information content (AvgIpc) is 2.00. The van der Waals surface area contributed by atoms with Gasteiger partial charge in [-0.1, -0.05) is 39.0 Å². The number of benzene rings is 1. The summed E-state index contributed by atoms with van der Waals surface area (Å²) in [7, 11) is 0. The molecule has 0 spiro atoms. The first-order chi connectivity index (χ1) is 6.32. The zero-order valence-electron chi connectivity index (χ0n) is 9.64. The Labute approximate surface area is 86.1 Å². The third-order valence-electron chi connectivity index (χ3n) is 2.83. The summed E-state index contributed by atoms with van der Waals surface area (Å²) in [6.45, 7) is 10.9. The number of hydrogen-bond acceptors (Lipinski definition) is 1. The molecule has 0 radical (unpaired) electrons. The van der Waals surface area contributed by atoms with Crippen LogP contribution in [0.3, 0.4) is 0 Å². The predicted molar refractivity (Wildman–Crippen MR) is 58.8 cm³/mol. The SMILES string of the molecule is CC(C)(C)c1cccc2c1OC2(C)C. The van der Waals surface area contributed by atoms with E-state index in [1.807, 2.05) is 0 Å². The Morgan fingerprint density at radius 3 is 2.29 bits per heavy atom.